The lowest BCUT2D eigenvalue weighted by atomic mass is 10.1. The lowest BCUT2D eigenvalue weighted by molar-refractivity contribution is -0.112. The van der Waals surface area contributed by atoms with Gasteiger partial charge in [0.05, 0.1) is 7.11 Å². The van der Waals surface area contributed by atoms with E-state index < -0.39 is 5.91 Å². The van der Waals surface area contributed by atoms with Crippen LogP contribution in [0.25, 0.3) is 6.08 Å². The second kappa shape index (κ2) is 10.5. The van der Waals surface area contributed by atoms with Crippen LogP contribution in [-0.2, 0) is 11.4 Å². The molecule has 7 heteroatoms. The Morgan fingerprint density at radius 2 is 2.00 bits per heavy atom. The van der Waals surface area contributed by atoms with Crippen molar-refractivity contribution in [1.29, 1.82) is 5.26 Å². The highest BCUT2D eigenvalue weighted by molar-refractivity contribution is 6.31. The number of hydrogen-bond donors (Lipinski definition) is 1. The summed E-state index contributed by atoms with van der Waals surface area (Å²) in [7, 11) is 1.52. The summed E-state index contributed by atoms with van der Waals surface area (Å²) in [5.74, 6) is -0.0247. The van der Waals surface area contributed by atoms with Gasteiger partial charge in [-0.3, -0.25) is 4.79 Å². The lowest BCUT2D eigenvalue weighted by Gasteiger charge is -2.12. The molecule has 0 atom stereocenters. The van der Waals surface area contributed by atoms with Crippen LogP contribution in [0.5, 0.6) is 11.5 Å². The van der Waals surface area contributed by atoms with Crippen molar-refractivity contribution in [2.75, 3.05) is 12.4 Å². The van der Waals surface area contributed by atoms with E-state index >= 15 is 0 Å². The Labute approximate surface area is 190 Å². The maximum absolute atomic E-state index is 13.5. The van der Waals surface area contributed by atoms with Gasteiger partial charge >= 0.3 is 0 Å². The Morgan fingerprint density at radius 3 is 2.72 bits per heavy atom. The van der Waals surface area contributed by atoms with Gasteiger partial charge in [0.25, 0.3) is 5.91 Å². The molecule has 0 saturated carbocycles. The summed E-state index contributed by atoms with van der Waals surface area (Å²) < 4.78 is 24.6. The van der Waals surface area contributed by atoms with Crippen LogP contribution in [0.2, 0.25) is 5.02 Å². The third-order valence-electron chi connectivity index (χ3n) is 4.62. The van der Waals surface area contributed by atoms with Gasteiger partial charge in [-0.25, -0.2) is 4.39 Å². The molecule has 1 amide bonds. The van der Waals surface area contributed by atoms with Gasteiger partial charge in [0.1, 0.15) is 35.6 Å². The van der Waals surface area contributed by atoms with Crippen molar-refractivity contribution < 1.29 is 18.7 Å². The van der Waals surface area contributed by atoms with E-state index in [1.54, 1.807) is 48.5 Å². The van der Waals surface area contributed by atoms with E-state index in [2.05, 4.69) is 5.32 Å². The number of nitrogens with one attached hydrogen (secondary N) is 1. The minimum Gasteiger partial charge on any atom is -0.497 e. The van der Waals surface area contributed by atoms with Crippen LogP contribution in [0.3, 0.4) is 0 Å². The molecular weight excluding hydrogens is 431 g/mol. The van der Waals surface area contributed by atoms with Crippen LogP contribution in [0.1, 0.15) is 16.7 Å². The number of carbonyl (C=O) groups is 1. The van der Waals surface area contributed by atoms with Crippen molar-refractivity contribution in [2.24, 2.45) is 0 Å². The van der Waals surface area contributed by atoms with Gasteiger partial charge in [0, 0.05) is 22.3 Å². The molecule has 3 aromatic carbocycles. The zero-order valence-corrected chi connectivity index (χ0v) is 18.2. The van der Waals surface area contributed by atoms with E-state index in [4.69, 9.17) is 21.1 Å². The Balaban J connectivity index is 1.88. The fourth-order valence-electron chi connectivity index (χ4n) is 2.90. The summed E-state index contributed by atoms with van der Waals surface area (Å²) in [5.41, 5.74) is 2.34. The molecule has 0 aliphatic carbocycles. The molecule has 0 unspecified atom stereocenters. The number of nitrogens with zero attached hydrogens (tertiary/aromatic N) is 1. The van der Waals surface area contributed by atoms with Gasteiger partial charge < -0.3 is 14.8 Å². The Hall–Kier alpha value is -3.82. The van der Waals surface area contributed by atoms with Crippen molar-refractivity contribution in [3.05, 3.63) is 93.8 Å². The minimum absolute atomic E-state index is 0.0988. The molecule has 0 aliphatic rings. The van der Waals surface area contributed by atoms with Gasteiger partial charge in [0.15, 0.2) is 0 Å². The number of nitriles is 1. The molecule has 5 nitrogen and oxygen atoms in total. The van der Waals surface area contributed by atoms with Crippen LogP contribution in [0.4, 0.5) is 10.1 Å². The molecule has 0 aromatic heterocycles. The van der Waals surface area contributed by atoms with E-state index in [0.29, 0.717) is 33.3 Å². The predicted octanol–water partition coefficient (Wildman–Crippen LogP) is 5.92. The molecule has 0 aliphatic heterocycles. The zero-order valence-electron chi connectivity index (χ0n) is 17.5. The van der Waals surface area contributed by atoms with Crippen LogP contribution in [0.15, 0.2) is 66.2 Å². The minimum atomic E-state index is -0.579. The molecule has 0 spiro atoms. The summed E-state index contributed by atoms with van der Waals surface area (Å²) in [4.78, 5) is 12.7. The Kier molecular flexibility index (Phi) is 7.48. The quantitative estimate of drug-likeness (QED) is 0.358. The van der Waals surface area contributed by atoms with E-state index in [1.165, 1.54) is 25.3 Å². The van der Waals surface area contributed by atoms with Crippen LogP contribution >= 0.6 is 11.6 Å². The van der Waals surface area contributed by atoms with E-state index in [9.17, 15) is 14.4 Å². The third-order valence-corrected chi connectivity index (χ3v) is 4.85. The number of halogens is 2. The average Bonchev–Trinajstić information content (AvgIpc) is 2.78. The topological polar surface area (TPSA) is 71.3 Å². The molecule has 3 rings (SSSR count). The number of ether oxygens (including phenoxy) is 2. The third kappa shape index (κ3) is 5.87. The number of aryl methyl sites for hydroxylation is 1. The second-order valence-corrected chi connectivity index (χ2v) is 7.34. The van der Waals surface area contributed by atoms with E-state index in [1.807, 2.05) is 13.0 Å². The lowest BCUT2D eigenvalue weighted by Crippen LogP contribution is -2.14. The van der Waals surface area contributed by atoms with Crippen molar-refractivity contribution >= 4 is 29.3 Å². The molecule has 32 heavy (non-hydrogen) atoms. The van der Waals surface area contributed by atoms with E-state index in [0.717, 1.165) is 5.56 Å². The maximum atomic E-state index is 13.5. The molecular formula is C25H20ClFN2O3. The zero-order chi connectivity index (χ0) is 23.1. The summed E-state index contributed by atoms with van der Waals surface area (Å²) in [6.45, 7) is 1.92. The van der Waals surface area contributed by atoms with Crippen molar-refractivity contribution in [1.82, 2.24) is 0 Å². The van der Waals surface area contributed by atoms with Gasteiger partial charge in [-0.2, -0.15) is 5.26 Å². The van der Waals surface area contributed by atoms with Gasteiger partial charge in [-0.15, -0.1) is 0 Å². The fourth-order valence-corrected chi connectivity index (χ4v) is 3.07. The highest BCUT2D eigenvalue weighted by atomic mass is 35.5. The van der Waals surface area contributed by atoms with Gasteiger partial charge in [0.2, 0.25) is 0 Å². The molecule has 3 aromatic rings. The molecule has 0 saturated heterocycles. The molecule has 1 N–H and O–H groups in total. The van der Waals surface area contributed by atoms with Crippen LogP contribution in [-0.4, -0.2) is 13.0 Å². The van der Waals surface area contributed by atoms with Crippen LogP contribution in [0, 0.1) is 24.1 Å². The maximum Gasteiger partial charge on any atom is 0.266 e. The van der Waals surface area contributed by atoms with Gasteiger partial charge in [-0.1, -0.05) is 29.8 Å². The average molecular weight is 451 g/mol. The number of carbonyl (C=O) groups excluding carboxylic acids is 1. The largest absolute Gasteiger partial charge is 0.497 e. The predicted molar refractivity (Wildman–Crippen MR) is 122 cm³/mol. The highest BCUT2D eigenvalue weighted by Crippen LogP contribution is 2.28. The molecule has 0 bridgehead atoms. The first-order valence-electron chi connectivity index (χ1n) is 9.64. The van der Waals surface area contributed by atoms with Crippen LogP contribution < -0.4 is 14.8 Å². The van der Waals surface area contributed by atoms with Gasteiger partial charge in [-0.05, 0) is 60.5 Å². The summed E-state index contributed by atoms with van der Waals surface area (Å²) in [5, 5.41) is 12.8. The fraction of sp³-hybridized carbons (Fsp3) is 0.120. The number of hydrogen-bond acceptors (Lipinski definition) is 4. The number of anilines is 1. The number of benzene rings is 3. The summed E-state index contributed by atoms with van der Waals surface area (Å²) >= 11 is 6.01. The van der Waals surface area contributed by atoms with E-state index in [-0.39, 0.29) is 18.0 Å². The first-order valence-corrected chi connectivity index (χ1v) is 10.0. The smallest absolute Gasteiger partial charge is 0.266 e. The van der Waals surface area contributed by atoms with Crippen molar-refractivity contribution in [2.45, 2.75) is 13.5 Å². The summed E-state index contributed by atoms with van der Waals surface area (Å²) in [6.07, 6.45) is 1.43. The molecule has 162 valence electrons. The Bertz CT molecular complexity index is 1220. The van der Waals surface area contributed by atoms with Crippen molar-refractivity contribution in [3.8, 4) is 17.6 Å². The monoisotopic (exact) mass is 450 g/mol. The Morgan fingerprint density at radius 1 is 1.19 bits per heavy atom. The number of methoxy groups -OCH3 is 1. The molecule has 0 heterocycles. The normalized spacial score (nSPS) is 10.9. The summed E-state index contributed by atoms with van der Waals surface area (Å²) in [6, 6.07) is 18.1. The SMILES string of the molecule is COc1ccc(/C=C(\C#N)C(=O)Nc2cc(Cl)ccc2C)c(OCc2cccc(F)c2)c1. The standard InChI is InChI=1S/C25H20ClFN2O3/c1-16-6-8-20(26)12-23(16)29-25(30)19(14-28)11-18-7-9-22(31-2)13-24(18)32-15-17-4-3-5-21(27)10-17/h3-13H,15H2,1-2H3,(H,29,30)/b19-11+. The number of rotatable bonds is 7. The second-order valence-electron chi connectivity index (χ2n) is 6.91. The number of amides is 1. The molecule has 0 fully saturated rings. The highest BCUT2D eigenvalue weighted by Gasteiger charge is 2.14. The first-order chi connectivity index (χ1) is 15.4. The van der Waals surface area contributed by atoms with Crippen molar-refractivity contribution in [3.63, 3.8) is 0 Å². The molecule has 0 radical (unpaired) electrons. The first kappa shape index (κ1) is 22.9.